The van der Waals surface area contributed by atoms with Crippen molar-refractivity contribution in [3.05, 3.63) is 90.5 Å². The van der Waals surface area contributed by atoms with Crippen LogP contribution in [0.1, 0.15) is 40.2 Å². The van der Waals surface area contributed by atoms with Gasteiger partial charge >= 0.3 is 0 Å². The number of benzene rings is 3. The third-order valence-corrected chi connectivity index (χ3v) is 8.31. The molecule has 1 aliphatic rings. The van der Waals surface area contributed by atoms with Gasteiger partial charge in [-0.1, -0.05) is 99.6 Å². The summed E-state index contributed by atoms with van der Waals surface area (Å²) in [5, 5.41) is 2.42. The molecule has 33 heavy (non-hydrogen) atoms. The fourth-order valence-electron chi connectivity index (χ4n) is 4.19. The topological polar surface area (TPSA) is 24.8 Å². The van der Waals surface area contributed by atoms with Crippen molar-refractivity contribution in [1.29, 1.82) is 0 Å². The number of anilines is 1. The summed E-state index contributed by atoms with van der Waals surface area (Å²) in [6.45, 7) is 14.2. The Hall–Kier alpha value is -2.48. The Morgan fingerprint density at radius 1 is 0.788 bits per heavy atom. The van der Waals surface area contributed by atoms with E-state index < -0.39 is 13.7 Å². The Labute approximate surface area is 200 Å². The zero-order valence-electron chi connectivity index (χ0n) is 20.6. The summed E-state index contributed by atoms with van der Waals surface area (Å²) in [6, 6.07) is 29.9. The summed E-state index contributed by atoms with van der Waals surface area (Å²) in [6.07, 6.45) is 0. The van der Waals surface area contributed by atoms with Crippen molar-refractivity contribution in [2.45, 2.75) is 53.2 Å². The van der Waals surface area contributed by atoms with Crippen LogP contribution in [0, 0.1) is 12.3 Å². The molecule has 0 fully saturated rings. The van der Waals surface area contributed by atoms with E-state index in [-0.39, 0.29) is 11.5 Å². The first-order chi connectivity index (χ1) is 15.7. The molecular weight excluding hydrogens is 423 g/mol. The van der Waals surface area contributed by atoms with E-state index in [9.17, 15) is 0 Å². The number of amidine groups is 1. The van der Waals surface area contributed by atoms with Crippen LogP contribution in [0.4, 0.5) is 5.69 Å². The molecule has 0 bridgehead atoms. The van der Waals surface area contributed by atoms with E-state index in [0.29, 0.717) is 0 Å². The zero-order valence-corrected chi connectivity index (χ0v) is 21.5. The molecule has 3 aromatic carbocycles. The lowest BCUT2D eigenvalue weighted by Gasteiger charge is -2.36. The minimum atomic E-state index is -1.00. The number of hydrogen-bond donors (Lipinski definition) is 0. The van der Waals surface area contributed by atoms with Crippen molar-refractivity contribution >= 4 is 30.3 Å². The molecule has 3 aromatic rings. The smallest absolute Gasteiger partial charge is 0.136 e. The number of aryl methyl sites for hydroxylation is 1. The van der Waals surface area contributed by atoms with Crippen molar-refractivity contribution < 1.29 is 4.52 Å². The second kappa shape index (κ2) is 9.41. The van der Waals surface area contributed by atoms with Gasteiger partial charge in [0.25, 0.3) is 0 Å². The van der Waals surface area contributed by atoms with Crippen molar-refractivity contribution in [3.63, 3.8) is 0 Å². The number of para-hydroxylation sites is 1. The maximum absolute atomic E-state index is 7.04. The Balaban J connectivity index is 1.75. The predicted octanol–water partition coefficient (Wildman–Crippen LogP) is 6.47. The molecular formula is C29H35N2OP. The van der Waals surface area contributed by atoms with Gasteiger partial charge in [-0.15, -0.1) is 0 Å². The van der Waals surface area contributed by atoms with Crippen LogP contribution >= 0.6 is 8.15 Å². The van der Waals surface area contributed by atoms with Crippen LogP contribution in [0.3, 0.4) is 0 Å². The average Bonchev–Trinajstić information content (AvgIpc) is 3.26. The number of aliphatic imine (C=N–C) groups is 1. The first kappa shape index (κ1) is 23.7. The molecule has 172 valence electrons. The first-order valence-electron chi connectivity index (χ1n) is 11.7. The molecule has 0 aromatic heterocycles. The van der Waals surface area contributed by atoms with Crippen LogP contribution in [-0.4, -0.2) is 24.0 Å². The van der Waals surface area contributed by atoms with Gasteiger partial charge < -0.3 is 9.42 Å². The number of hydrogen-bond acceptors (Lipinski definition) is 3. The maximum atomic E-state index is 7.04. The Kier molecular flexibility index (Phi) is 6.75. The number of rotatable bonds is 6. The maximum Gasteiger partial charge on any atom is 0.136 e. The van der Waals surface area contributed by atoms with Crippen LogP contribution in [0.15, 0.2) is 89.9 Å². The van der Waals surface area contributed by atoms with E-state index in [2.05, 4.69) is 131 Å². The summed E-state index contributed by atoms with van der Waals surface area (Å²) in [5.74, 6) is 1.01. The fourth-order valence-corrected chi connectivity index (χ4v) is 6.13. The molecule has 1 aliphatic heterocycles. The molecule has 0 saturated carbocycles. The van der Waals surface area contributed by atoms with Crippen molar-refractivity contribution in [2.75, 3.05) is 11.4 Å². The van der Waals surface area contributed by atoms with Gasteiger partial charge in [0.2, 0.25) is 0 Å². The molecule has 0 unspecified atom stereocenters. The molecule has 3 nitrogen and oxygen atoms in total. The zero-order chi connectivity index (χ0) is 23.6. The van der Waals surface area contributed by atoms with Crippen LogP contribution in [0.25, 0.3) is 0 Å². The molecule has 0 aliphatic carbocycles. The molecule has 4 heteroatoms. The van der Waals surface area contributed by atoms with E-state index in [4.69, 9.17) is 9.52 Å². The minimum Gasteiger partial charge on any atom is -0.336 e. The highest BCUT2D eigenvalue weighted by Gasteiger charge is 2.42. The van der Waals surface area contributed by atoms with Crippen LogP contribution < -0.4 is 15.5 Å². The monoisotopic (exact) mass is 458 g/mol. The van der Waals surface area contributed by atoms with E-state index in [1.807, 2.05) is 0 Å². The highest BCUT2D eigenvalue weighted by molar-refractivity contribution is 7.68. The molecule has 4 rings (SSSR count). The molecule has 0 saturated heterocycles. The van der Waals surface area contributed by atoms with Crippen molar-refractivity contribution in [3.8, 4) is 0 Å². The van der Waals surface area contributed by atoms with Crippen molar-refractivity contribution in [1.82, 2.24) is 0 Å². The van der Waals surface area contributed by atoms with Gasteiger partial charge in [-0.2, -0.15) is 0 Å². The van der Waals surface area contributed by atoms with Crippen molar-refractivity contribution in [2.24, 2.45) is 10.4 Å². The summed E-state index contributed by atoms with van der Waals surface area (Å²) < 4.78 is 7.04. The second-order valence-electron chi connectivity index (χ2n) is 10.3. The summed E-state index contributed by atoms with van der Waals surface area (Å²) in [5.41, 5.74) is 1.97. The van der Waals surface area contributed by atoms with Crippen LogP contribution in [0.5, 0.6) is 0 Å². The minimum absolute atomic E-state index is 0.0718. The normalized spacial score (nSPS) is 16.9. The molecule has 1 heterocycles. The largest absolute Gasteiger partial charge is 0.336 e. The van der Waals surface area contributed by atoms with Gasteiger partial charge in [0.05, 0.1) is 14.2 Å². The predicted molar refractivity (Wildman–Crippen MR) is 143 cm³/mol. The third kappa shape index (κ3) is 5.21. The van der Waals surface area contributed by atoms with E-state index in [1.165, 1.54) is 21.9 Å². The van der Waals surface area contributed by atoms with Gasteiger partial charge in [-0.25, -0.2) is 0 Å². The van der Waals surface area contributed by atoms with Gasteiger partial charge in [0.1, 0.15) is 11.4 Å². The first-order valence-corrected chi connectivity index (χ1v) is 12.9. The standard InChI is InChI=1S/C29H35N2OP/c1-22-15-13-14-20-25(22)31-21-26(28(2,3)4)30-27(31)29(5,6)32-33(23-16-9-7-10-17-23)24-18-11-8-12-19-24/h7-20,26H,21H2,1-6H3/t26-/m1/s1. The van der Waals surface area contributed by atoms with E-state index in [1.54, 1.807) is 0 Å². The Morgan fingerprint density at radius 2 is 1.30 bits per heavy atom. The summed E-state index contributed by atoms with van der Waals surface area (Å²) in [7, 11) is -1.00. The SMILES string of the molecule is Cc1ccccc1N1C[C@H](C(C)(C)C)N=C1C(C)(C)OP(c1ccccc1)c1ccccc1. The summed E-state index contributed by atoms with van der Waals surface area (Å²) >= 11 is 0. The van der Waals surface area contributed by atoms with Crippen LogP contribution in [-0.2, 0) is 4.52 Å². The highest BCUT2D eigenvalue weighted by Crippen LogP contribution is 2.43. The quantitative estimate of drug-likeness (QED) is 0.396. The molecule has 0 N–H and O–H groups in total. The van der Waals surface area contributed by atoms with Gasteiger partial charge in [-0.3, -0.25) is 4.99 Å². The van der Waals surface area contributed by atoms with Gasteiger partial charge in [-0.05, 0) is 37.8 Å². The average molecular weight is 459 g/mol. The molecule has 0 radical (unpaired) electrons. The summed E-state index contributed by atoms with van der Waals surface area (Å²) in [4.78, 5) is 7.68. The highest BCUT2D eigenvalue weighted by atomic mass is 31.1. The van der Waals surface area contributed by atoms with Gasteiger partial charge in [0, 0.05) is 22.8 Å². The Morgan fingerprint density at radius 3 is 1.82 bits per heavy atom. The van der Waals surface area contributed by atoms with Crippen LogP contribution in [0.2, 0.25) is 0 Å². The third-order valence-electron chi connectivity index (χ3n) is 6.13. The lowest BCUT2D eigenvalue weighted by atomic mass is 9.87. The molecule has 1 atom stereocenters. The second-order valence-corrected chi connectivity index (χ2v) is 12.1. The van der Waals surface area contributed by atoms with E-state index in [0.717, 1.165) is 12.4 Å². The fraction of sp³-hybridized carbons (Fsp3) is 0.345. The lowest BCUT2D eigenvalue weighted by molar-refractivity contribution is 0.210. The van der Waals surface area contributed by atoms with E-state index >= 15 is 0 Å². The Bertz CT molecular complexity index is 1060. The van der Waals surface area contributed by atoms with Gasteiger partial charge in [0.15, 0.2) is 0 Å². The lowest BCUT2D eigenvalue weighted by Crippen LogP contribution is -2.45. The number of nitrogens with zero attached hydrogens (tertiary/aromatic N) is 2. The molecule has 0 spiro atoms. The molecule has 0 amide bonds.